The molecule has 0 aliphatic heterocycles. The number of carbonyl (C=O) groups excluding carboxylic acids is 2. The highest BCUT2D eigenvalue weighted by atomic mass is 79.9. The zero-order valence-electron chi connectivity index (χ0n) is 18.4. The summed E-state index contributed by atoms with van der Waals surface area (Å²) in [5.41, 5.74) is 1.12. The normalized spacial score (nSPS) is 15.1. The first-order valence-electron chi connectivity index (χ1n) is 11.2. The highest BCUT2D eigenvalue weighted by Crippen LogP contribution is 2.28. The fourth-order valence-corrected chi connectivity index (χ4v) is 4.75. The Kier molecular flexibility index (Phi) is 9.42. The molecule has 2 aromatic carbocycles. The lowest BCUT2D eigenvalue weighted by molar-refractivity contribution is -0.141. The van der Waals surface area contributed by atoms with Gasteiger partial charge in [0.05, 0.1) is 4.47 Å². The van der Waals surface area contributed by atoms with E-state index in [0.29, 0.717) is 28.2 Å². The van der Waals surface area contributed by atoms with E-state index in [-0.39, 0.29) is 24.5 Å². The second-order valence-corrected chi connectivity index (χ2v) is 9.50. The molecule has 1 fully saturated rings. The van der Waals surface area contributed by atoms with Gasteiger partial charge in [-0.2, -0.15) is 0 Å². The maximum atomic E-state index is 13.1. The molecule has 0 spiro atoms. The molecule has 2 aromatic rings. The molecular formula is C25H30BrClN2O3. The molecule has 7 heteroatoms. The van der Waals surface area contributed by atoms with Gasteiger partial charge in [0, 0.05) is 17.6 Å². The molecule has 0 heterocycles. The van der Waals surface area contributed by atoms with Crippen LogP contribution in [0.3, 0.4) is 0 Å². The van der Waals surface area contributed by atoms with E-state index in [9.17, 15) is 9.59 Å². The second kappa shape index (κ2) is 12.3. The van der Waals surface area contributed by atoms with Crippen molar-refractivity contribution in [1.29, 1.82) is 0 Å². The van der Waals surface area contributed by atoms with E-state index in [1.807, 2.05) is 30.3 Å². The predicted molar refractivity (Wildman–Crippen MR) is 131 cm³/mol. The Morgan fingerprint density at radius 3 is 2.56 bits per heavy atom. The minimum absolute atomic E-state index is 0.106. The van der Waals surface area contributed by atoms with Crippen LogP contribution in [0, 0.1) is 0 Å². The molecular weight excluding hydrogens is 492 g/mol. The Balaban J connectivity index is 1.66. The van der Waals surface area contributed by atoms with Gasteiger partial charge in [-0.05, 0) is 65.9 Å². The van der Waals surface area contributed by atoms with E-state index >= 15 is 0 Å². The highest BCUT2D eigenvalue weighted by Gasteiger charge is 2.28. The van der Waals surface area contributed by atoms with Crippen LogP contribution in [-0.4, -0.2) is 41.9 Å². The number of nitrogens with zero attached hydrogens (tertiary/aromatic N) is 1. The third-order valence-electron chi connectivity index (χ3n) is 5.85. The Labute approximate surface area is 203 Å². The lowest BCUT2D eigenvalue weighted by Gasteiger charge is -2.31. The molecule has 5 nitrogen and oxygen atoms in total. The molecule has 0 unspecified atom stereocenters. The first kappa shape index (κ1) is 24.6. The van der Waals surface area contributed by atoms with Crippen molar-refractivity contribution in [3.05, 3.63) is 63.6 Å². The standard InChI is InChI=1S/C25H30BrClN2O3/c1-18(25(31)28-21-10-6-3-7-11-21)29(15-14-19-8-4-2-5-9-19)24(30)17-32-23-13-12-20(27)16-22(23)26/h2,4-5,8-9,12-13,16,18,21H,3,6-7,10-11,14-15,17H2,1H3,(H,28,31)/t18-/m1/s1. The highest BCUT2D eigenvalue weighted by molar-refractivity contribution is 9.10. The smallest absolute Gasteiger partial charge is 0.261 e. The number of rotatable bonds is 9. The van der Waals surface area contributed by atoms with E-state index < -0.39 is 6.04 Å². The van der Waals surface area contributed by atoms with Crippen LogP contribution in [0.15, 0.2) is 53.0 Å². The van der Waals surface area contributed by atoms with E-state index in [2.05, 4.69) is 21.2 Å². The van der Waals surface area contributed by atoms with E-state index in [0.717, 1.165) is 31.2 Å². The number of hydrogen-bond acceptors (Lipinski definition) is 3. The topological polar surface area (TPSA) is 58.6 Å². The van der Waals surface area contributed by atoms with Crippen molar-refractivity contribution in [2.24, 2.45) is 0 Å². The number of benzene rings is 2. The monoisotopic (exact) mass is 520 g/mol. The Morgan fingerprint density at radius 2 is 1.88 bits per heavy atom. The van der Waals surface area contributed by atoms with Gasteiger partial charge in [-0.3, -0.25) is 9.59 Å². The lowest BCUT2D eigenvalue weighted by Crippen LogP contribution is -2.52. The zero-order valence-corrected chi connectivity index (χ0v) is 20.7. The number of carbonyl (C=O) groups is 2. The molecule has 172 valence electrons. The molecule has 1 aliphatic rings. The molecule has 1 atom stereocenters. The van der Waals surface area contributed by atoms with Crippen LogP contribution in [0.1, 0.15) is 44.6 Å². The van der Waals surface area contributed by atoms with Crippen molar-refractivity contribution in [3.63, 3.8) is 0 Å². The summed E-state index contributed by atoms with van der Waals surface area (Å²) in [5, 5.41) is 3.72. The predicted octanol–water partition coefficient (Wildman–Crippen LogP) is 5.39. The molecule has 0 aromatic heterocycles. The minimum atomic E-state index is -0.578. The molecule has 0 saturated heterocycles. The van der Waals surface area contributed by atoms with E-state index in [1.54, 1.807) is 30.0 Å². The van der Waals surface area contributed by atoms with Crippen molar-refractivity contribution >= 4 is 39.3 Å². The number of halogens is 2. The van der Waals surface area contributed by atoms with Crippen LogP contribution < -0.4 is 10.1 Å². The van der Waals surface area contributed by atoms with Gasteiger partial charge in [-0.25, -0.2) is 0 Å². The van der Waals surface area contributed by atoms with Crippen molar-refractivity contribution in [2.45, 2.75) is 57.5 Å². The number of nitrogens with one attached hydrogen (secondary N) is 1. The average molecular weight is 522 g/mol. The molecule has 2 amide bonds. The first-order valence-corrected chi connectivity index (χ1v) is 12.3. The largest absolute Gasteiger partial charge is 0.483 e. The Morgan fingerprint density at radius 1 is 1.16 bits per heavy atom. The Bertz CT molecular complexity index is 903. The third kappa shape index (κ3) is 7.24. The van der Waals surface area contributed by atoms with Gasteiger partial charge in [0.15, 0.2) is 6.61 Å². The van der Waals surface area contributed by atoms with E-state index in [4.69, 9.17) is 16.3 Å². The summed E-state index contributed by atoms with van der Waals surface area (Å²) in [6.07, 6.45) is 6.17. The average Bonchev–Trinajstić information content (AvgIpc) is 2.80. The maximum absolute atomic E-state index is 13.1. The van der Waals surface area contributed by atoms with Gasteiger partial charge in [0.2, 0.25) is 5.91 Å². The molecule has 1 aliphatic carbocycles. The summed E-state index contributed by atoms with van der Waals surface area (Å²) in [6, 6.07) is 14.7. The van der Waals surface area contributed by atoms with Crippen LogP contribution >= 0.6 is 27.5 Å². The summed E-state index contributed by atoms with van der Waals surface area (Å²) >= 11 is 9.39. The summed E-state index contributed by atoms with van der Waals surface area (Å²) < 4.78 is 6.42. The molecule has 0 bridgehead atoms. The first-order chi connectivity index (χ1) is 15.4. The SMILES string of the molecule is C[C@H](C(=O)NC1CCCCC1)N(CCc1ccccc1)C(=O)COc1ccc(Cl)cc1Br. The number of hydrogen-bond donors (Lipinski definition) is 1. The number of amides is 2. The quantitative estimate of drug-likeness (QED) is 0.481. The summed E-state index contributed by atoms with van der Waals surface area (Å²) in [7, 11) is 0. The van der Waals surface area contributed by atoms with E-state index in [1.165, 1.54) is 6.42 Å². The van der Waals surface area contributed by atoms with Gasteiger partial charge in [-0.15, -0.1) is 0 Å². The maximum Gasteiger partial charge on any atom is 0.261 e. The minimum Gasteiger partial charge on any atom is -0.483 e. The summed E-state index contributed by atoms with van der Waals surface area (Å²) in [5.74, 6) is 0.199. The fraction of sp³-hybridized carbons (Fsp3) is 0.440. The van der Waals surface area contributed by atoms with Crippen LogP contribution in [0.5, 0.6) is 5.75 Å². The van der Waals surface area contributed by atoms with Crippen LogP contribution in [0.25, 0.3) is 0 Å². The molecule has 1 N–H and O–H groups in total. The van der Waals surface area contributed by atoms with Crippen molar-refractivity contribution < 1.29 is 14.3 Å². The van der Waals surface area contributed by atoms with Gasteiger partial charge in [-0.1, -0.05) is 61.2 Å². The van der Waals surface area contributed by atoms with Crippen molar-refractivity contribution in [1.82, 2.24) is 10.2 Å². The fourth-order valence-electron chi connectivity index (χ4n) is 3.95. The molecule has 3 rings (SSSR count). The molecule has 1 saturated carbocycles. The van der Waals surface area contributed by atoms with Crippen LogP contribution in [0.4, 0.5) is 0 Å². The molecule has 0 radical (unpaired) electrons. The van der Waals surface area contributed by atoms with Gasteiger partial charge in [0.1, 0.15) is 11.8 Å². The third-order valence-corrected chi connectivity index (χ3v) is 6.70. The Hall–Kier alpha value is -2.05. The van der Waals surface area contributed by atoms with Gasteiger partial charge < -0.3 is 15.0 Å². The zero-order chi connectivity index (χ0) is 22.9. The summed E-state index contributed by atoms with van der Waals surface area (Å²) in [6.45, 7) is 2.07. The van der Waals surface area contributed by atoms with Crippen molar-refractivity contribution in [2.75, 3.05) is 13.2 Å². The van der Waals surface area contributed by atoms with Gasteiger partial charge in [0.25, 0.3) is 5.91 Å². The van der Waals surface area contributed by atoms with Crippen molar-refractivity contribution in [3.8, 4) is 5.75 Å². The molecule has 32 heavy (non-hydrogen) atoms. The lowest BCUT2D eigenvalue weighted by atomic mass is 9.95. The van der Waals surface area contributed by atoms with Gasteiger partial charge >= 0.3 is 0 Å². The van der Waals surface area contributed by atoms with Crippen LogP contribution in [0.2, 0.25) is 5.02 Å². The summed E-state index contributed by atoms with van der Waals surface area (Å²) in [4.78, 5) is 27.7. The van der Waals surface area contributed by atoms with Crippen LogP contribution in [-0.2, 0) is 16.0 Å². The number of ether oxygens (including phenoxy) is 1. The second-order valence-electron chi connectivity index (χ2n) is 8.21.